The van der Waals surface area contributed by atoms with E-state index in [4.69, 9.17) is 37.9 Å². The largest absolute Gasteiger partial charge is 0.459 e. The molecule has 0 N–H and O–H groups in total. The minimum Gasteiger partial charge on any atom is -0.459 e. The van der Waals surface area contributed by atoms with E-state index < -0.39 is 0 Å². The van der Waals surface area contributed by atoms with Gasteiger partial charge in [-0.1, -0.05) is 165 Å². The second kappa shape index (κ2) is 44.3. The summed E-state index contributed by atoms with van der Waals surface area (Å²) >= 11 is 0. The minimum atomic E-state index is -0.335. The van der Waals surface area contributed by atoms with Crippen LogP contribution in [0.1, 0.15) is 531 Å². The van der Waals surface area contributed by atoms with Crippen LogP contribution in [-0.4, -0.2) is 92.6 Å². The molecule has 0 aromatic rings. The van der Waals surface area contributed by atoms with Crippen molar-refractivity contribution in [3.63, 3.8) is 0 Å². The van der Waals surface area contributed by atoms with Crippen LogP contribution in [0.2, 0.25) is 0 Å². The second-order valence-electron chi connectivity index (χ2n) is 61.1. The molecule has 0 heterocycles. The molecule has 22 saturated carbocycles. The highest BCUT2D eigenvalue weighted by Crippen LogP contribution is 2.77. The monoisotopic (exact) mass is 2090 g/mol. The normalized spacial score (nSPS) is 44.1. The van der Waals surface area contributed by atoms with Gasteiger partial charge in [0.15, 0.2) is 0 Å². The second-order valence-corrected chi connectivity index (χ2v) is 61.1. The van der Waals surface area contributed by atoms with E-state index in [1.54, 1.807) is 0 Å². The average molecular weight is 2090 g/mol. The number of hydrogen-bond acceptors (Lipinski definition) is 16. The van der Waals surface area contributed by atoms with E-state index in [0.717, 1.165) is 235 Å². The highest BCUT2D eigenvalue weighted by Gasteiger charge is 2.75. The van der Waals surface area contributed by atoms with E-state index in [0.29, 0.717) is 52.8 Å². The van der Waals surface area contributed by atoms with Gasteiger partial charge in [-0.15, -0.1) is 0 Å². The quantitative estimate of drug-likeness (QED) is 0.0405. The van der Waals surface area contributed by atoms with E-state index in [9.17, 15) is 38.4 Å². The number of hydrogen-bond donors (Lipinski definition) is 0. The van der Waals surface area contributed by atoms with Gasteiger partial charge < -0.3 is 37.9 Å². The maximum absolute atomic E-state index is 12.7. The number of fused-ring (bicyclic) bond motifs is 36. The van der Waals surface area contributed by atoms with Crippen LogP contribution in [0.3, 0.4) is 0 Å². The van der Waals surface area contributed by atoms with Crippen molar-refractivity contribution in [3.8, 4) is 0 Å². The number of carbonyl (C=O) groups is 8. The molecule has 0 radical (unpaired) electrons. The third kappa shape index (κ3) is 21.2. The number of rotatable bonds is 28. The lowest BCUT2D eigenvalue weighted by Crippen LogP contribution is -2.50. The van der Waals surface area contributed by atoms with Crippen LogP contribution in [0.25, 0.3) is 0 Å². The van der Waals surface area contributed by atoms with Gasteiger partial charge in [-0.25, -0.2) is 0 Å². The number of carbonyl (C=O) groups excluding carboxylic acids is 8. The van der Waals surface area contributed by atoms with Crippen molar-refractivity contribution in [2.75, 3.05) is 0 Å². The van der Waals surface area contributed by atoms with Gasteiger partial charge in [0.1, 0.15) is 44.8 Å². The molecule has 20 bridgehead atoms. The van der Waals surface area contributed by atoms with Crippen LogP contribution in [0.5, 0.6) is 0 Å². The van der Waals surface area contributed by atoms with Crippen LogP contribution in [-0.2, 0) is 76.3 Å². The van der Waals surface area contributed by atoms with Crippen LogP contribution < -0.4 is 0 Å². The summed E-state index contributed by atoms with van der Waals surface area (Å²) in [4.78, 5) is 98.4. The molecule has 0 amide bonds. The molecule has 22 aliphatic carbocycles. The van der Waals surface area contributed by atoms with E-state index >= 15 is 0 Å². The Kier molecular flexibility index (Phi) is 35.4. The maximum Gasteiger partial charge on any atom is 0.312 e. The van der Waals surface area contributed by atoms with Gasteiger partial charge in [0.05, 0.1) is 45.3 Å². The molecule has 0 aromatic carbocycles. The van der Waals surface area contributed by atoms with E-state index in [1.165, 1.54) is 167 Å². The average Bonchev–Trinajstić information content (AvgIpc) is 1.52. The Morgan fingerprint density at radius 1 is 0.267 bits per heavy atom. The predicted octanol–water partition coefficient (Wildman–Crippen LogP) is 33.4. The first-order valence-electron chi connectivity index (χ1n) is 64.0. The first-order valence-corrected chi connectivity index (χ1v) is 64.0. The zero-order valence-corrected chi connectivity index (χ0v) is 102. The van der Waals surface area contributed by atoms with E-state index in [-0.39, 0.29) is 154 Å². The molecule has 16 nitrogen and oxygen atoms in total. The first-order chi connectivity index (χ1) is 70.1. The molecule has 0 spiro atoms. The lowest BCUT2D eigenvalue weighted by Gasteiger charge is -2.47. The molecule has 150 heavy (non-hydrogen) atoms. The smallest absolute Gasteiger partial charge is 0.312 e. The highest BCUT2D eigenvalue weighted by molar-refractivity contribution is 5.79. The Labute approximate surface area is 914 Å². The minimum absolute atomic E-state index is 0.00699. The summed E-state index contributed by atoms with van der Waals surface area (Å²) in [7, 11) is 0. The fourth-order valence-corrected chi connectivity index (χ4v) is 39.0. The van der Waals surface area contributed by atoms with Gasteiger partial charge in [0, 0.05) is 34.5 Å². The zero-order valence-electron chi connectivity index (χ0n) is 102. The highest BCUT2D eigenvalue weighted by atomic mass is 16.6. The Morgan fingerprint density at radius 3 is 1.03 bits per heavy atom. The summed E-state index contributed by atoms with van der Waals surface area (Å²) in [5.74, 6) is 21.9. The third-order valence-electron chi connectivity index (χ3n) is 52.3. The molecule has 22 rings (SSSR count). The SMILES string of the molecule is CCC(C)(C)C(=O)OC1(C)CC2CC1C1C3CCC(C3)C21.CCC(C)(C)C(=O)OC1(C)CC2CC1C1CCCC21.CCC(C)(C)C(=O)OC1(CC)CC2CC1C1C3CCC(C3)C21.CCC(C)(C)C(=O)OC1(CC)CC2CC1C1CCCC21.CCC(C)C(=O)OC1(C)CC2CCC1(C)C2(C)C.CCC(C)C(=O)OC1(C)CC2CCC1C2.CCC(C)C(=O)OC1(CC)CC2CCC1(C)C2(C)C.CCC(C)C(=O)OC1(CC)CC2CCC1C2. The molecule has 22 fully saturated rings. The molecular weight excluding hydrogens is 1870 g/mol. The summed E-state index contributed by atoms with van der Waals surface area (Å²) in [5.41, 5.74) is -1.78. The van der Waals surface area contributed by atoms with Gasteiger partial charge in [-0.05, 0) is 507 Å². The summed E-state index contributed by atoms with van der Waals surface area (Å²) < 4.78 is 48.5. The molecule has 0 saturated heterocycles. The predicted molar refractivity (Wildman–Crippen MR) is 600 cm³/mol. The van der Waals surface area contributed by atoms with Crippen molar-refractivity contribution in [2.45, 2.75) is 576 Å². The standard InChI is InChI=1S/C20H32O2.C19H30O2.C18H30O2.C17H28O2.C17H30O2.C16H28O2.C14H24O2.C13H22O2/c1-5-19(3,4)18(21)22-20(6-2)11-14-10-15(20)17-13-8-7-12(9-13)16(14)17;1-5-18(2,3)17(20)21-19(4)10-13-9-14(19)16-12-7-6-11(8-12)15(13)16;1-5-17(3,4)16(19)20-18(6-2)11-12-10-15(18)14-9-7-8-13(12)14;1-5-16(2,3)15(18)19-17(4)10-11-9-14(17)13-8-6-7-12(11)13;1-7-12(3)14(18)19-17(8-2)11-13-9-10-16(17,6)15(13,4)5;1-7-11(2)13(17)18-16(6)10-12-8-9-15(16,5)14(12,3)4;1-4-10(3)13(15)16-14(5-2)9-11-6-7-12(14)8-11;1-4-9(2)12(14)15-13(3)8-10-5-6-11(13)7-10/h12-17H,5-11H2,1-4H3;11-16H,5-10H2,1-4H3;12-15H,5-11H2,1-4H3;11-14H,5-10H2,1-4H3;12-13H,7-11H2,1-6H3;11-12H,7-10H2,1-6H3;10-12H,4-9H2,1-3H3;9-11H,4-8H2,1-3H3. The van der Waals surface area contributed by atoms with Gasteiger partial charge in [0.25, 0.3) is 0 Å². The zero-order chi connectivity index (χ0) is 110. The van der Waals surface area contributed by atoms with Crippen molar-refractivity contribution in [1.82, 2.24) is 0 Å². The van der Waals surface area contributed by atoms with Gasteiger partial charge in [-0.3, -0.25) is 38.4 Å². The van der Waals surface area contributed by atoms with Crippen LogP contribution in [0, 0.1) is 221 Å². The lowest BCUT2D eigenvalue weighted by atomic mass is 9.63. The van der Waals surface area contributed by atoms with Crippen molar-refractivity contribution >= 4 is 47.8 Å². The van der Waals surface area contributed by atoms with E-state index in [1.807, 2.05) is 104 Å². The van der Waals surface area contributed by atoms with Gasteiger partial charge in [0.2, 0.25) is 0 Å². The Morgan fingerprint density at radius 2 is 0.627 bits per heavy atom. The molecule has 16 heteroatoms. The number of esters is 8. The first kappa shape index (κ1) is 120. The van der Waals surface area contributed by atoms with Crippen molar-refractivity contribution < 1.29 is 76.3 Å². The maximum atomic E-state index is 12.7. The summed E-state index contributed by atoms with van der Waals surface area (Å²) in [6.07, 6.45) is 55.0. The van der Waals surface area contributed by atoms with Crippen molar-refractivity contribution in [3.05, 3.63) is 0 Å². The Balaban J connectivity index is 0.000000128. The fraction of sp³-hybridized carbons (Fsp3) is 0.940. The summed E-state index contributed by atoms with van der Waals surface area (Å²) in [6.45, 7) is 72.2. The van der Waals surface area contributed by atoms with E-state index in [2.05, 4.69) is 132 Å². The molecule has 0 aliphatic heterocycles. The van der Waals surface area contributed by atoms with Gasteiger partial charge in [-0.2, -0.15) is 0 Å². The van der Waals surface area contributed by atoms with Crippen molar-refractivity contribution in [2.24, 2.45) is 221 Å². The Hall–Kier alpha value is -4.24. The number of ether oxygens (including phenoxy) is 8. The van der Waals surface area contributed by atoms with Crippen LogP contribution >= 0.6 is 0 Å². The topological polar surface area (TPSA) is 210 Å². The lowest BCUT2D eigenvalue weighted by molar-refractivity contribution is -0.185. The molecule has 40 atom stereocenters. The molecule has 0 aromatic heterocycles. The summed E-state index contributed by atoms with van der Waals surface area (Å²) in [6, 6.07) is 0. The van der Waals surface area contributed by atoms with Gasteiger partial charge >= 0.3 is 47.8 Å². The van der Waals surface area contributed by atoms with Crippen molar-refractivity contribution in [1.29, 1.82) is 0 Å². The Bertz CT molecular complexity index is 4720. The molecule has 22 aliphatic rings. The molecule has 856 valence electrons. The fourth-order valence-electron chi connectivity index (χ4n) is 39.0. The van der Waals surface area contributed by atoms with Crippen LogP contribution in [0.15, 0.2) is 0 Å². The molecular formula is C134H224O16. The molecule has 40 unspecified atom stereocenters. The van der Waals surface area contributed by atoms with Crippen LogP contribution in [0.4, 0.5) is 0 Å². The third-order valence-corrected chi connectivity index (χ3v) is 52.3. The summed E-state index contributed by atoms with van der Waals surface area (Å²) in [5, 5.41) is 0.